The Hall–Kier alpha value is -0.0800. The van der Waals surface area contributed by atoms with E-state index in [0.29, 0.717) is 5.54 Å². The molecule has 1 saturated heterocycles. The number of nitrogens with one attached hydrogen (secondary N) is 1. The van der Waals surface area contributed by atoms with Gasteiger partial charge in [-0.2, -0.15) is 0 Å². The molecule has 2 rings (SSSR count). The number of hydrogen-bond donors (Lipinski definition) is 1. The molecular weight excluding hydrogens is 148 g/mol. The zero-order valence-corrected chi connectivity index (χ0v) is 8.27. The fourth-order valence-corrected chi connectivity index (χ4v) is 2.28. The van der Waals surface area contributed by atoms with Crippen LogP contribution >= 0.6 is 0 Å². The van der Waals surface area contributed by atoms with Crippen LogP contribution in [0.5, 0.6) is 0 Å². The summed E-state index contributed by atoms with van der Waals surface area (Å²) >= 11 is 0. The van der Waals surface area contributed by atoms with E-state index < -0.39 is 0 Å². The predicted molar refractivity (Wildman–Crippen MR) is 51.2 cm³/mol. The highest BCUT2D eigenvalue weighted by Gasteiger charge is 2.45. The van der Waals surface area contributed by atoms with Crippen molar-refractivity contribution in [2.24, 2.45) is 5.92 Å². The summed E-state index contributed by atoms with van der Waals surface area (Å²) in [4.78, 5) is 2.69. The van der Waals surface area contributed by atoms with Gasteiger partial charge in [0.1, 0.15) is 0 Å². The molecule has 0 amide bonds. The molecule has 2 heteroatoms. The third-order valence-corrected chi connectivity index (χ3v) is 3.52. The zero-order valence-electron chi connectivity index (χ0n) is 8.27. The first-order chi connectivity index (χ1) is 5.74. The average molecular weight is 168 g/mol. The van der Waals surface area contributed by atoms with Crippen LogP contribution in [0.15, 0.2) is 0 Å². The summed E-state index contributed by atoms with van der Waals surface area (Å²) in [6.07, 6.45) is 4.26. The van der Waals surface area contributed by atoms with Gasteiger partial charge >= 0.3 is 0 Å². The maximum absolute atomic E-state index is 3.28. The van der Waals surface area contributed by atoms with Gasteiger partial charge in [0.05, 0.1) is 0 Å². The minimum Gasteiger partial charge on any atom is -0.319 e. The summed E-state index contributed by atoms with van der Waals surface area (Å²) in [5.41, 5.74) is 0.614. The second-order valence-electron chi connectivity index (χ2n) is 4.66. The number of nitrogens with zero attached hydrogens (tertiary/aromatic N) is 1. The molecule has 0 aromatic rings. The molecule has 1 atom stereocenters. The van der Waals surface area contributed by atoms with Crippen molar-refractivity contribution < 1.29 is 0 Å². The van der Waals surface area contributed by atoms with Gasteiger partial charge in [-0.05, 0) is 52.2 Å². The summed E-state index contributed by atoms with van der Waals surface area (Å²) in [5.74, 6) is 0.910. The Balaban J connectivity index is 1.82. The van der Waals surface area contributed by atoms with E-state index in [1.807, 2.05) is 0 Å². The first-order valence-corrected chi connectivity index (χ1v) is 5.14. The summed E-state index contributed by atoms with van der Waals surface area (Å²) in [6, 6.07) is 0. The predicted octanol–water partition coefficient (Wildman–Crippen LogP) is 1.08. The lowest BCUT2D eigenvalue weighted by atomic mass is 10.1. The molecule has 2 fully saturated rings. The van der Waals surface area contributed by atoms with Gasteiger partial charge in [0.15, 0.2) is 0 Å². The van der Waals surface area contributed by atoms with E-state index in [1.54, 1.807) is 0 Å². The Bertz CT molecular complexity index is 163. The van der Waals surface area contributed by atoms with Crippen LogP contribution in [0.25, 0.3) is 0 Å². The second-order valence-corrected chi connectivity index (χ2v) is 4.66. The number of hydrogen-bond acceptors (Lipinski definition) is 2. The highest BCUT2D eigenvalue weighted by molar-refractivity contribution is 5.02. The molecule has 70 valence electrons. The van der Waals surface area contributed by atoms with Crippen molar-refractivity contribution in [3.8, 4) is 0 Å². The van der Waals surface area contributed by atoms with Crippen molar-refractivity contribution in [1.82, 2.24) is 10.2 Å². The number of likely N-dealkylation sites (tertiary alicyclic amines) is 1. The number of rotatable bonds is 3. The molecule has 0 bridgehead atoms. The third-order valence-electron chi connectivity index (χ3n) is 3.52. The normalized spacial score (nSPS) is 34.0. The van der Waals surface area contributed by atoms with Crippen LogP contribution in [0.3, 0.4) is 0 Å². The van der Waals surface area contributed by atoms with Gasteiger partial charge in [-0.25, -0.2) is 0 Å². The SMILES string of the molecule is CNCC1CCN(C2(C)CC2)C1. The molecule has 1 unspecified atom stereocenters. The van der Waals surface area contributed by atoms with Crippen LogP contribution in [0.2, 0.25) is 0 Å². The minimum atomic E-state index is 0.614. The maximum Gasteiger partial charge on any atom is 0.0182 e. The Kier molecular flexibility index (Phi) is 2.13. The Labute approximate surface area is 75.3 Å². The van der Waals surface area contributed by atoms with Crippen molar-refractivity contribution in [1.29, 1.82) is 0 Å². The lowest BCUT2D eigenvalue weighted by Gasteiger charge is -2.23. The standard InChI is InChI=1S/C10H20N2/c1-10(4-5-10)12-6-3-9(8-12)7-11-2/h9,11H,3-8H2,1-2H3. The molecule has 1 N–H and O–H groups in total. The maximum atomic E-state index is 3.28. The largest absolute Gasteiger partial charge is 0.319 e. The molecule has 0 spiro atoms. The van der Waals surface area contributed by atoms with Crippen molar-refractivity contribution in [3.63, 3.8) is 0 Å². The lowest BCUT2D eigenvalue weighted by Crippen LogP contribution is -2.33. The van der Waals surface area contributed by atoms with Gasteiger partial charge in [-0.3, -0.25) is 4.90 Å². The summed E-state index contributed by atoms with van der Waals surface area (Å²) in [5, 5.41) is 3.28. The van der Waals surface area contributed by atoms with E-state index in [9.17, 15) is 0 Å². The van der Waals surface area contributed by atoms with Gasteiger partial charge in [0.2, 0.25) is 0 Å². The van der Waals surface area contributed by atoms with Crippen LogP contribution in [-0.4, -0.2) is 37.1 Å². The Morgan fingerprint density at radius 3 is 2.83 bits per heavy atom. The van der Waals surface area contributed by atoms with E-state index >= 15 is 0 Å². The second kappa shape index (κ2) is 3.00. The van der Waals surface area contributed by atoms with Crippen LogP contribution in [0, 0.1) is 5.92 Å². The summed E-state index contributed by atoms with van der Waals surface area (Å²) < 4.78 is 0. The highest BCUT2D eigenvalue weighted by Crippen LogP contribution is 2.43. The van der Waals surface area contributed by atoms with E-state index in [-0.39, 0.29) is 0 Å². The van der Waals surface area contributed by atoms with Crippen molar-refractivity contribution in [2.45, 2.75) is 31.7 Å². The lowest BCUT2D eigenvalue weighted by molar-refractivity contribution is 0.230. The van der Waals surface area contributed by atoms with Crippen LogP contribution in [0.4, 0.5) is 0 Å². The fraction of sp³-hybridized carbons (Fsp3) is 1.00. The average Bonchev–Trinajstić information content (AvgIpc) is 2.64. The van der Waals surface area contributed by atoms with E-state index in [2.05, 4.69) is 24.2 Å². The first kappa shape index (κ1) is 8.52. The molecule has 1 aliphatic carbocycles. The minimum absolute atomic E-state index is 0.614. The van der Waals surface area contributed by atoms with Gasteiger partial charge in [0, 0.05) is 12.1 Å². The molecule has 1 heterocycles. The quantitative estimate of drug-likeness (QED) is 0.678. The van der Waals surface area contributed by atoms with E-state index in [4.69, 9.17) is 0 Å². The van der Waals surface area contributed by atoms with Crippen molar-refractivity contribution in [3.05, 3.63) is 0 Å². The zero-order chi connectivity index (χ0) is 8.60. The smallest absolute Gasteiger partial charge is 0.0182 e. The fourth-order valence-electron chi connectivity index (χ4n) is 2.28. The molecule has 0 aromatic heterocycles. The third kappa shape index (κ3) is 1.50. The van der Waals surface area contributed by atoms with Crippen LogP contribution in [0.1, 0.15) is 26.2 Å². The summed E-state index contributed by atoms with van der Waals surface area (Å²) in [7, 11) is 2.06. The molecule has 1 aliphatic heterocycles. The first-order valence-electron chi connectivity index (χ1n) is 5.14. The van der Waals surface area contributed by atoms with Crippen molar-refractivity contribution in [2.75, 3.05) is 26.7 Å². The molecule has 2 aliphatic rings. The van der Waals surface area contributed by atoms with Gasteiger partial charge in [-0.1, -0.05) is 0 Å². The molecule has 1 saturated carbocycles. The summed E-state index contributed by atoms with van der Waals surface area (Å²) in [6.45, 7) is 6.28. The molecule has 0 aromatic carbocycles. The Morgan fingerprint density at radius 2 is 2.25 bits per heavy atom. The van der Waals surface area contributed by atoms with E-state index in [0.717, 1.165) is 5.92 Å². The highest BCUT2D eigenvalue weighted by atomic mass is 15.2. The Morgan fingerprint density at radius 1 is 1.50 bits per heavy atom. The monoisotopic (exact) mass is 168 g/mol. The molecule has 12 heavy (non-hydrogen) atoms. The van der Waals surface area contributed by atoms with E-state index in [1.165, 1.54) is 38.9 Å². The van der Waals surface area contributed by atoms with Gasteiger partial charge in [-0.15, -0.1) is 0 Å². The van der Waals surface area contributed by atoms with Gasteiger partial charge in [0.25, 0.3) is 0 Å². The van der Waals surface area contributed by atoms with Crippen molar-refractivity contribution >= 4 is 0 Å². The molecule has 0 radical (unpaired) electrons. The van der Waals surface area contributed by atoms with Crippen LogP contribution in [-0.2, 0) is 0 Å². The molecular formula is C10H20N2. The van der Waals surface area contributed by atoms with Gasteiger partial charge < -0.3 is 5.32 Å². The topological polar surface area (TPSA) is 15.3 Å². The molecule has 2 nitrogen and oxygen atoms in total. The van der Waals surface area contributed by atoms with Crippen LogP contribution < -0.4 is 5.32 Å².